The van der Waals surface area contributed by atoms with Gasteiger partial charge >= 0.3 is 5.97 Å². The molecule has 92 valence electrons. The van der Waals surface area contributed by atoms with Gasteiger partial charge in [0.2, 0.25) is 0 Å². The topological polar surface area (TPSA) is 52.6 Å². The quantitative estimate of drug-likeness (QED) is 0.580. The molecule has 0 bridgehead atoms. The summed E-state index contributed by atoms with van der Waals surface area (Å²) in [6.45, 7) is 3.60. The maximum atomic E-state index is 11.4. The lowest BCUT2D eigenvalue weighted by Crippen LogP contribution is -2.09. The predicted octanol–water partition coefficient (Wildman–Crippen LogP) is 2.14. The van der Waals surface area contributed by atoms with E-state index in [-0.39, 0.29) is 24.8 Å². The molecule has 0 spiro atoms. The molecular weight excluding hydrogens is 220 g/mol. The van der Waals surface area contributed by atoms with Crippen molar-refractivity contribution in [3.63, 3.8) is 0 Å². The van der Waals surface area contributed by atoms with Gasteiger partial charge in [0, 0.05) is 0 Å². The van der Waals surface area contributed by atoms with Crippen molar-refractivity contribution in [2.45, 2.75) is 20.3 Å². The highest BCUT2D eigenvalue weighted by molar-refractivity contribution is 5.96. The SMILES string of the molecule is COC(=O)CCOc1cc(C)ccc1C(C)=O. The third-order valence-electron chi connectivity index (χ3n) is 2.31. The fourth-order valence-corrected chi connectivity index (χ4v) is 1.39. The average molecular weight is 236 g/mol. The molecule has 0 aliphatic rings. The Morgan fingerprint density at radius 2 is 2.00 bits per heavy atom. The van der Waals surface area contributed by atoms with Crippen LogP contribution in [0.25, 0.3) is 0 Å². The molecule has 0 radical (unpaired) electrons. The van der Waals surface area contributed by atoms with Crippen molar-refractivity contribution < 1.29 is 19.1 Å². The van der Waals surface area contributed by atoms with E-state index in [0.29, 0.717) is 11.3 Å². The Morgan fingerprint density at radius 3 is 2.59 bits per heavy atom. The summed E-state index contributed by atoms with van der Waals surface area (Å²) in [5.41, 5.74) is 1.53. The molecule has 0 amide bonds. The maximum Gasteiger partial charge on any atom is 0.308 e. The summed E-state index contributed by atoms with van der Waals surface area (Å²) >= 11 is 0. The first kappa shape index (κ1) is 13.2. The molecule has 0 atom stereocenters. The van der Waals surface area contributed by atoms with Gasteiger partial charge in [0.25, 0.3) is 0 Å². The van der Waals surface area contributed by atoms with E-state index >= 15 is 0 Å². The van der Waals surface area contributed by atoms with Crippen molar-refractivity contribution in [3.05, 3.63) is 29.3 Å². The zero-order valence-electron chi connectivity index (χ0n) is 10.3. The molecule has 1 aromatic rings. The third kappa shape index (κ3) is 3.90. The van der Waals surface area contributed by atoms with Crippen molar-refractivity contribution in [2.75, 3.05) is 13.7 Å². The Morgan fingerprint density at radius 1 is 1.29 bits per heavy atom. The molecule has 0 unspecified atom stereocenters. The van der Waals surface area contributed by atoms with E-state index in [2.05, 4.69) is 4.74 Å². The van der Waals surface area contributed by atoms with Gasteiger partial charge in [-0.1, -0.05) is 6.07 Å². The number of ketones is 1. The summed E-state index contributed by atoms with van der Waals surface area (Å²) in [6.07, 6.45) is 0.168. The molecule has 0 aromatic heterocycles. The van der Waals surface area contributed by atoms with Crippen LogP contribution in [-0.4, -0.2) is 25.5 Å². The summed E-state index contributed by atoms with van der Waals surface area (Å²) in [7, 11) is 1.33. The van der Waals surface area contributed by atoms with Gasteiger partial charge in [0.05, 0.1) is 25.7 Å². The van der Waals surface area contributed by atoms with Gasteiger partial charge in [0.1, 0.15) is 5.75 Å². The normalized spacial score (nSPS) is 9.82. The lowest BCUT2D eigenvalue weighted by molar-refractivity contribution is -0.141. The van der Waals surface area contributed by atoms with Crippen LogP contribution < -0.4 is 4.74 Å². The van der Waals surface area contributed by atoms with Crippen LogP contribution >= 0.6 is 0 Å². The number of methoxy groups -OCH3 is 1. The van der Waals surface area contributed by atoms with Crippen LogP contribution in [0, 0.1) is 6.92 Å². The van der Waals surface area contributed by atoms with Crippen LogP contribution in [0.3, 0.4) is 0 Å². The molecule has 0 fully saturated rings. The largest absolute Gasteiger partial charge is 0.492 e. The fourth-order valence-electron chi connectivity index (χ4n) is 1.39. The molecule has 1 aromatic carbocycles. The predicted molar refractivity (Wildman–Crippen MR) is 63.3 cm³/mol. The highest BCUT2D eigenvalue weighted by atomic mass is 16.5. The maximum absolute atomic E-state index is 11.4. The second kappa shape index (κ2) is 6.03. The summed E-state index contributed by atoms with van der Waals surface area (Å²) in [5, 5.41) is 0. The molecule has 0 N–H and O–H groups in total. The highest BCUT2D eigenvalue weighted by Gasteiger charge is 2.09. The molecule has 1 rings (SSSR count). The number of esters is 1. The molecule has 0 aliphatic heterocycles. The van der Waals surface area contributed by atoms with Gasteiger partial charge in [-0.05, 0) is 31.5 Å². The van der Waals surface area contributed by atoms with Crippen LogP contribution in [0.5, 0.6) is 5.75 Å². The highest BCUT2D eigenvalue weighted by Crippen LogP contribution is 2.21. The first-order valence-electron chi connectivity index (χ1n) is 5.36. The Bertz CT molecular complexity index is 423. The minimum absolute atomic E-state index is 0.0573. The van der Waals surface area contributed by atoms with Gasteiger partial charge in [-0.15, -0.1) is 0 Å². The van der Waals surface area contributed by atoms with Gasteiger partial charge in [-0.2, -0.15) is 0 Å². The molecule has 4 heteroatoms. The molecule has 0 saturated carbocycles. The second-order valence-electron chi connectivity index (χ2n) is 3.73. The van der Waals surface area contributed by atoms with Crippen LogP contribution in [-0.2, 0) is 9.53 Å². The monoisotopic (exact) mass is 236 g/mol. The minimum atomic E-state index is -0.331. The summed E-state index contributed by atoms with van der Waals surface area (Å²) < 4.78 is 9.93. The standard InChI is InChI=1S/C13H16O4/c1-9-4-5-11(10(2)14)12(8-9)17-7-6-13(15)16-3/h4-5,8H,6-7H2,1-3H3. The van der Waals surface area contributed by atoms with Crippen molar-refractivity contribution in [1.82, 2.24) is 0 Å². The zero-order chi connectivity index (χ0) is 12.8. The average Bonchev–Trinajstić information content (AvgIpc) is 2.28. The smallest absolute Gasteiger partial charge is 0.308 e. The number of rotatable bonds is 5. The molecule has 17 heavy (non-hydrogen) atoms. The van der Waals surface area contributed by atoms with Crippen molar-refractivity contribution in [1.29, 1.82) is 0 Å². The van der Waals surface area contributed by atoms with Gasteiger partial charge < -0.3 is 9.47 Å². The number of carbonyl (C=O) groups is 2. The first-order valence-corrected chi connectivity index (χ1v) is 5.36. The third-order valence-corrected chi connectivity index (χ3v) is 2.31. The van der Waals surface area contributed by atoms with E-state index in [9.17, 15) is 9.59 Å². The van der Waals surface area contributed by atoms with Crippen LogP contribution in [0.4, 0.5) is 0 Å². The van der Waals surface area contributed by atoms with E-state index in [0.717, 1.165) is 5.56 Å². The Hall–Kier alpha value is -1.84. The molecule has 0 aliphatic carbocycles. The number of aryl methyl sites for hydroxylation is 1. The first-order chi connectivity index (χ1) is 8.04. The number of carbonyl (C=O) groups excluding carboxylic acids is 2. The fraction of sp³-hybridized carbons (Fsp3) is 0.385. The van der Waals surface area contributed by atoms with E-state index < -0.39 is 0 Å². The van der Waals surface area contributed by atoms with E-state index in [1.54, 1.807) is 12.1 Å². The lowest BCUT2D eigenvalue weighted by Gasteiger charge is -2.10. The Labute approximate surface area is 101 Å². The lowest BCUT2D eigenvalue weighted by atomic mass is 10.1. The van der Waals surface area contributed by atoms with Crippen LogP contribution in [0.2, 0.25) is 0 Å². The van der Waals surface area contributed by atoms with Crippen molar-refractivity contribution >= 4 is 11.8 Å². The number of hydrogen-bond donors (Lipinski definition) is 0. The number of hydrogen-bond acceptors (Lipinski definition) is 4. The zero-order valence-corrected chi connectivity index (χ0v) is 10.3. The van der Waals surface area contributed by atoms with Crippen LogP contribution in [0.15, 0.2) is 18.2 Å². The molecule has 0 saturated heterocycles. The van der Waals surface area contributed by atoms with E-state index in [1.807, 2.05) is 13.0 Å². The Balaban J connectivity index is 2.72. The number of ether oxygens (including phenoxy) is 2. The number of Topliss-reactive ketones (excluding diaryl/α,β-unsaturated/α-hetero) is 1. The van der Waals surface area contributed by atoms with Crippen molar-refractivity contribution in [2.24, 2.45) is 0 Å². The number of benzene rings is 1. The van der Waals surface area contributed by atoms with Crippen LogP contribution in [0.1, 0.15) is 29.3 Å². The van der Waals surface area contributed by atoms with E-state index in [1.165, 1.54) is 14.0 Å². The summed E-state index contributed by atoms with van der Waals surface area (Å²) in [5.74, 6) is 0.126. The van der Waals surface area contributed by atoms with Gasteiger partial charge in [-0.3, -0.25) is 9.59 Å². The van der Waals surface area contributed by atoms with E-state index in [4.69, 9.17) is 4.74 Å². The molecule has 0 heterocycles. The van der Waals surface area contributed by atoms with Gasteiger partial charge in [0.15, 0.2) is 5.78 Å². The molecule has 4 nitrogen and oxygen atoms in total. The van der Waals surface area contributed by atoms with Gasteiger partial charge in [-0.25, -0.2) is 0 Å². The molecular formula is C13H16O4. The van der Waals surface area contributed by atoms with Crippen molar-refractivity contribution in [3.8, 4) is 5.75 Å². The minimum Gasteiger partial charge on any atom is -0.492 e. The summed E-state index contributed by atoms with van der Waals surface area (Å²) in [4.78, 5) is 22.3. The summed E-state index contributed by atoms with van der Waals surface area (Å²) in [6, 6.07) is 5.36. The Kier molecular flexibility index (Phi) is 4.69. The second-order valence-corrected chi connectivity index (χ2v) is 3.73.